The summed E-state index contributed by atoms with van der Waals surface area (Å²) in [6, 6.07) is 10.1. The maximum Gasteiger partial charge on any atom is 0.247 e. The Bertz CT molecular complexity index is 406. The molecular formula is C14H18ClNO2. The molecule has 0 aromatic heterocycles. The zero-order chi connectivity index (χ0) is 13.5. The van der Waals surface area contributed by atoms with Crippen molar-refractivity contribution in [3.05, 3.63) is 35.9 Å². The largest absolute Gasteiger partial charge is 0.344 e. The van der Waals surface area contributed by atoms with E-state index in [9.17, 15) is 9.59 Å². The van der Waals surface area contributed by atoms with Crippen LogP contribution < -0.4 is 0 Å². The molecule has 0 bridgehead atoms. The standard InChI is InChI=1S/C14H18ClNO2/c1-11(17)13(15)14(18)16(2)10-6-9-12-7-4-3-5-8-12/h3-5,7-8,13H,6,9-10H2,1-2H3. The van der Waals surface area contributed by atoms with Gasteiger partial charge in [0.25, 0.3) is 0 Å². The van der Waals surface area contributed by atoms with Crippen LogP contribution in [0.5, 0.6) is 0 Å². The van der Waals surface area contributed by atoms with Crippen molar-refractivity contribution in [2.45, 2.75) is 25.1 Å². The number of hydrogen-bond donors (Lipinski definition) is 0. The Kier molecular flexibility index (Phi) is 5.86. The van der Waals surface area contributed by atoms with Crippen LogP contribution in [-0.4, -0.2) is 35.6 Å². The van der Waals surface area contributed by atoms with Crippen LogP contribution in [0.15, 0.2) is 30.3 Å². The number of carbonyl (C=O) groups is 2. The number of ketones is 1. The van der Waals surface area contributed by atoms with E-state index in [-0.39, 0.29) is 11.7 Å². The van der Waals surface area contributed by atoms with E-state index in [2.05, 4.69) is 12.1 Å². The molecule has 0 spiro atoms. The Morgan fingerprint density at radius 2 is 1.89 bits per heavy atom. The van der Waals surface area contributed by atoms with Gasteiger partial charge < -0.3 is 4.90 Å². The number of hydrogen-bond acceptors (Lipinski definition) is 2. The summed E-state index contributed by atoms with van der Waals surface area (Å²) in [6.45, 7) is 1.93. The van der Waals surface area contributed by atoms with E-state index in [1.165, 1.54) is 17.4 Å². The first-order valence-electron chi connectivity index (χ1n) is 5.96. The van der Waals surface area contributed by atoms with Crippen molar-refractivity contribution in [3.63, 3.8) is 0 Å². The van der Waals surface area contributed by atoms with Gasteiger partial charge in [0, 0.05) is 13.6 Å². The summed E-state index contributed by atoms with van der Waals surface area (Å²) in [5, 5.41) is -1.05. The van der Waals surface area contributed by atoms with Crippen molar-refractivity contribution in [2.75, 3.05) is 13.6 Å². The van der Waals surface area contributed by atoms with Crippen molar-refractivity contribution >= 4 is 23.3 Å². The van der Waals surface area contributed by atoms with Crippen LogP contribution in [0.3, 0.4) is 0 Å². The Morgan fingerprint density at radius 1 is 1.28 bits per heavy atom. The lowest BCUT2D eigenvalue weighted by Gasteiger charge is -2.18. The van der Waals surface area contributed by atoms with Gasteiger partial charge in [0.2, 0.25) is 5.91 Å². The number of alkyl halides is 1. The van der Waals surface area contributed by atoms with Crippen LogP contribution >= 0.6 is 11.6 Å². The fourth-order valence-corrected chi connectivity index (χ4v) is 1.81. The molecule has 0 N–H and O–H groups in total. The summed E-state index contributed by atoms with van der Waals surface area (Å²) in [5.41, 5.74) is 1.24. The summed E-state index contributed by atoms with van der Waals surface area (Å²) < 4.78 is 0. The molecule has 98 valence electrons. The van der Waals surface area contributed by atoms with Gasteiger partial charge in [-0.1, -0.05) is 30.3 Å². The molecule has 0 heterocycles. The van der Waals surface area contributed by atoms with Gasteiger partial charge in [-0.2, -0.15) is 0 Å². The fourth-order valence-electron chi connectivity index (χ4n) is 1.64. The van der Waals surface area contributed by atoms with Gasteiger partial charge in [-0.05, 0) is 25.3 Å². The molecule has 0 aliphatic heterocycles. The van der Waals surface area contributed by atoms with E-state index in [1.807, 2.05) is 18.2 Å². The summed E-state index contributed by atoms with van der Waals surface area (Å²) >= 11 is 5.72. The maximum atomic E-state index is 11.7. The molecule has 0 saturated carbocycles. The summed E-state index contributed by atoms with van der Waals surface area (Å²) in [7, 11) is 1.67. The van der Waals surface area contributed by atoms with Crippen molar-refractivity contribution in [1.29, 1.82) is 0 Å². The zero-order valence-corrected chi connectivity index (χ0v) is 11.5. The summed E-state index contributed by atoms with van der Waals surface area (Å²) in [6.07, 6.45) is 1.76. The van der Waals surface area contributed by atoms with Gasteiger partial charge in [0.15, 0.2) is 11.2 Å². The second-order valence-electron chi connectivity index (χ2n) is 4.32. The number of halogens is 1. The molecular weight excluding hydrogens is 250 g/mol. The Hall–Kier alpha value is -1.35. The van der Waals surface area contributed by atoms with Gasteiger partial charge in [0.05, 0.1) is 0 Å². The molecule has 18 heavy (non-hydrogen) atoms. The fraction of sp³-hybridized carbons (Fsp3) is 0.429. The lowest BCUT2D eigenvalue weighted by atomic mass is 10.1. The predicted molar refractivity (Wildman–Crippen MR) is 72.7 cm³/mol. The number of aryl methyl sites for hydroxylation is 1. The second-order valence-corrected chi connectivity index (χ2v) is 4.76. The Balaban J connectivity index is 2.35. The minimum absolute atomic E-state index is 0.309. The van der Waals surface area contributed by atoms with Crippen LogP contribution in [-0.2, 0) is 16.0 Å². The first-order chi connectivity index (χ1) is 8.52. The van der Waals surface area contributed by atoms with Crippen LogP contribution in [0.25, 0.3) is 0 Å². The first-order valence-corrected chi connectivity index (χ1v) is 6.39. The van der Waals surface area contributed by atoms with Gasteiger partial charge >= 0.3 is 0 Å². The summed E-state index contributed by atoms with van der Waals surface area (Å²) in [5.74, 6) is -0.631. The molecule has 0 aliphatic carbocycles. The van der Waals surface area contributed by atoms with Gasteiger partial charge in [0.1, 0.15) is 0 Å². The molecule has 1 aromatic carbocycles. The van der Waals surface area contributed by atoms with Crippen LogP contribution in [0.1, 0.15) is 18.9 Å². The van der Waals surface area contributed by atoms with E-state index >= 15 is 0 Å². The van der Waals surface area contributed by atoms with E-state index in [0.717, 1.165) is 12.8 Å². The third kappa shape index (κ3) is 4.49. The number of carbonyl (C=O) groups excluding carboxylic acids is 2. The van der Waals surface area contributed by atoms with Crippen LogP contribution in [0, 0.1) is 0 Å². The van der Waals surface area contributed by atoms with Crippen LogP contribution in [0.4, 0.5) is 0 Å². The van der Waals surface area contributed by atoms with Crippen molar-refractivity contribution in [3.8, 4) is 0 Å². The SMILES string of the molecule is CC(=O)C(Cl)C(=O)N(C)CCCc1ccccc1. The predicted octanol–water partition coefficient (Wildman–Crippen LogP) is 2.27. The average Bonchev–Trinajstić information content (AvgIpc) is 2.38. The topological polar surface area (TPSA) is 37.4 Å². The lowest BCUT2D eigenvalue weighted by molar-refractivity contribution is -0.133. The molecule has 0 aliphatic rings. The summed E-state index contributed by atoms with van der Waals surface area (Å²) in [4.78, 5) is 24.2. The molecule has 1 rings (SSSR count). The van der Waals surface area contributed by atoms with Crippen molar-refractivity contribution in [2.24, 2.45) is 0 Å². The average molecular weight is 268 g/mol. The molecule has 4 heteroatoms. The highest BCUT2D eigenvalue weighted by atomic mass is 35.5. The molecule has 1 aromatic rings. The number of amides is 1. The minimum Gasteiger partial charge on any atom is -0.344 e. The van der Waals surface area contributed by atoms with Gasteiger partial charge in [-0.3, -0.25) is 9.59 Å². The van der Waals surface area contributed by atoms with Gasteiger partial charge in [-0.15, -0.1) is 11.6 Å². The Labute approximate surface area is 113 Å². The molecule has 1 amide bonds. The molecule has 1 unspecified atom stereocenters. The monoisotopic (exact) mass is 267 g/mol. The molecule has 0 saturated heterocycles. The molecule has 0 radical (unpaired) electrons. The van der Waals surface area contributed by atoms with E-state index in [1.54, 1.807) is 7.05 Å². The number of nitrogens with zero attached hydrogens (tertiary/aromatic N) is 1. The highest BCUT2D eigenvalue weighted by Gasteiger charge is 2.23. The Morgan fingerprint density at radius 3 is 2.44 bits per heavy atom. The number of rotatable bonds is 6. The number of Topliss-reactive ketones (excluding diaryl/α,β-unsaturated/α-hetero) is 1. The molecule has 3 nitrogen and oxygen atoms in total. The highest BCUT2D eigenvalue weighted by Crippen LogP contribution is 2.06. The third-order valence-corrected chi connectivity index (χ3v) is 3.25. The maximum absolute atomic E-state index is 11.7. The van der Waals surface area contributed by atoms with Crippen LogP contribution in [0.2, 0.25) is 0 Å². The van der Waals surface area contributed by atoms with Crippen molar-refractivity contribution < 1.29 is 9.59 Å². The zero-order valence-electron chi connectivity index (χ0n) is 10.7. The second kappa shape index (κ2) is 7.17. The van der Waals surface area contributed by atoms with Gasteiger partial charge in [-0.25, -0.2) is 0 Å². The first kappa shape index (κ1) is 14.7. The van der Waals surface area contributed by atoms with Crippen molar-refractivity contribution in [1.82, 2.24) is 4.90 Å². The highest BCUT2D eigenvalue weighted by molar-refractivity contribution is 6.41. The smallest absolute Gasteiger partial charge is 0.247 e. The van der Waals surface area contributed by atoms with E-state index in [0.29, 0.717) is 6.54 Å². The number of benzene rings is 1. The molecule has 0 fully saturated rings. The van der Waals surface area contributed by atoms with E-state index in [4.69, 9.17) is 11.6 Å². The normalized spacial score (nSPS) is 11.9. The van der Waals surface area contributed by atoms with E-state index < -0.39 is 5.38 Å². The quantitative estimate of drug-likeness (QED) is 0.586. The lowest BCUT2D eigenvalue weighted by Crippen LogP contribution is -2.37. The third-order valence-electron chi connectivity index (χ3n) is 2.75. The molecule has 1 atom stereocenters. The minimum atomic E-state index is -1.05.